The van der Waals surface area contributed by atoms with E-state index in [1.54, 1.807) is 48.2 Å². The quantitative estimate of drug-likeness (QED) is 0.319. The van der Waals surface area contributed by atoms with Crippen molar-refractivity contribution in [3.8, 4) is 0 Å². The third-order valence-corrected chi connectivity index (χ3v) is 10.8. The smallest absolute Gasteiger partial charge is 0.243 e. The Morgan fingerprint density at radius 1 is 0.838 bits per heavy atom. The van der Waals surface area contributed by atoms with E-state index in [-0.39, 0.29) is 29.4 Å². The predicted octanol–water partition coefficient (Wildman–Crippen LogP) is 2.97. The Labute approximate surface area is 222 Å². The minimum atomic E-state index is -4.02. The molecular weight excluding hydrogens is 531 g/mol. The summed E-state index contributed by atoms with van der Waals surface area (Å²) in [6.45, 7) is 1.84. The molecule has 1 amide bonds. The molecule has 1 saturated heterocycles. The summed E-state index contributed by atoms with van der Waals surface area (Å²) in [5.41, 5.74) is 1.16. The van der Waals surface area contributed by atoms with Gasteiger partial charge in [0.1, 0.15) is 6.04 Å². The number of nitrogens with zero attached hydrogens (tertiary/aromatic N) is 2. The van der Waals surface area contributed by atoms with Gasteiger partial charge in [-0.1, -0.05) is 54.1 Å². The lowest BCUT2D eigenvalue weighted by molar-refractivity contribution is -0.125. The van der Waals surface area contributed by atoms with E-state index in [2.05, 4.69) is 5.32 Å². The van der Waals surface area contributed by atoms with E-state index in [1.165, 1.54) is 28.6 Å². The van der Waals surface area contributed by atoms with Crippen molar-refractivity contribution in [2.24, 2.45) is 0 Å². The Morgan fingerprint density at radius 2 is 1.41 bits per heavy atom. The highest BCUT2D eigenvalue weighted by Crippen LogP contribution is 2.25. The zero-order valence-corrected chi connectivity index (χ0v) is 22.8. The molecule has 1 aliphatic rings. The van der Waals surface area contributed by atoms with Crippen LogP contribution in [0.1, 0.15) is 5.56 Å². The van der Waals surface area contributed by atoms with Crippen molar-refractivity contribution in [1.29, 1.82) is 0 Å². The largest absolute Gasteiger partial charge is 0.354 e. The van der Waals surface area contributed by atoms with Crippen LogP contribution in [0.15, 0.2) is 99.6 Å². The molecule has 1 atom stereocenters. The lowest BCUT2D eigenvalue weighted by Crippen LogP contribution is -2.61. The first-order valence-corrected chi connectivity index (χ1v) is 15.7. The van der Waals surface area contributed by atoms with E-state index in [0.717, 1.165) is 14.8 Å². The van der Waals surface area contributed by atoms with Crippen molar-refractivity contribution in [3.63, 3.8) is 0 Å². The molecule has 0 bridgehead atoms. The SMILES string of the molecule is Cc1ccc(SCCNC(=O)[C@@H]2CN(S(=O)(=O)c3ccccc3)CCN2S(=O)(=O)c2ccccc2)cc1. The summed E-state index contributed by atoms with van der Waals surface area (Å²) in [6.07, 6.45) is 0. The van der Waals surface area contributed by atoms with Crippen LogP contribution < -0.4 is 5.32 Å². The van der Waals surface area contributed by atoms with Crippen molar-refractivity contribution in [1.82, 2.24) is 13.9 Å². The normalized spacial score (nSPS) is 17.4. The van der Waals surface area contributed by atoms with Gasteiger partial charge in [-0.3, -0.25) is 4.79 Å². The fourth-order valence-corrected chi connectivity index (χ4v) is 7.84. The predicted molar refractivity (Wildman–Crippen MR) is 144 cm³/mol. The van der Waals surface area contributed by atoms with Crippen LogP contribution in [-0.2, 0) is 24.8 Å². The number of nitrogens with one attached hydrogen (secondary N) is 1. The Hall–Kier alpha value is -2.70. The average Bonchev–Trinajstić information content (AvgIpc) is 2.92. The van der Waals surface area contributed by atoms with Crippen LogP contribution in [0.3, 0.4) is 0 Å². The number of piperazine rings is 1. The number of thioether (sulfide) groups is 1. The van der Waals surface area contributed by atoms with Gasteiger partial charge in [0.25, 0.3) is 0 Å². The van der Waals surface area contributed by atoms with E-state index in [9.17, 15) is 21.6 Å². The summed E-state index contributed by atoms with van der Waals surface area (Å²) in [5.74, 6) is 0.0517. The molecule has 0 spiro atoms. The van der Waals surface area contributed by atoms with Gasteiger partial charge in [0, 0.05) is 36.8 Å². The molecule has 1 fully saturated rings. The Kier molecular flexibility index (Phi) is 8.71. The summed E-state index contributed by atoms with van der Waals surface area (Å²) < 4.78 is 55.7. The highest BCUT2D eigenvalue weighted by atomic mass is 32.2. The minimum absolute atomic E-state index is 0.0575. The van der Waals surface area contributed by atoms with Crippen LogP contribution in [-0.4, -0.2) is 69.3 Å². The summed E-state index contributed by atoms with van der Waals surface area (Å²) in [6, 6.07) is 22.6. The molecule has 8 nitrogen and oxygen atoms in total. The second-order valence-electron chi connectivity index (χ2n) is 8.57. The molecule has 196 valence electrons. The van der Waals surface area contributed by atoms with Gasteiger partial charge in [0.2, 0.25) is 26.0 Å². The summed E-state index contributed by atoms with van der Waals surface area (Å²) in [7, 11) is -7.92. The fourth-order valence-electron chi connectivity index (χ4n) is 4.03. The molecule has 0 aliphatic carbocycles. The topological polar surface area (TPSA) is 104 Å². The van der Waals surface area contributed by atoms with E-state index >= 15 is 0 Å². The zero-order valence-electron chi connectivity index (χ0n) is 20.4. The van der Waals surface area contributed by atoms with Crippen molar-refractivity contribution in [3.05, 3.63) is 90.5 Å². The van der Waals surface area contributed by atoms with E-state index in [0.29, 0.717) is 12.3 Å². The number of amides is 1. The summed E-state index contributed by atoms with van der Waals surface area (Å²) in [5, 5.41) is 2.81. The number of aryl methyl sites for hydroxylation is 1. The van der Waals surface area contributed by atoms with Crippen molar-refractivity contribution in [2.75, 3.05) is 31.9 Å². The maximum Gasteiger partial charge on any atom is 0.243 e. The number of benzene rings is 3. The van der Waals surface area contributed by atoms with Gasteiger partial charge < -0.3 is 5.32 Å². The molecule has 4 rings (SSSR count). The second-order valence-corrected chi connectivity index (χ2v) is 13.6. The van der Waals surface area contributed by atoms with Gasteiger partial charge in [-0.05, 0) is 43.3 Å². The number of hydrogen-bond acceptors (Lipinski definition) is 6. The Morgan fingerprint density at radius 3 is 2.00 bits per heavy atom. The summed E-state index contributed by atoms with van der Waals surface area (Å²) in [4.78, 5) is 14.5. The van der Waals surface area contributed by atoms with Crippen LogP contribution in [0.2, 0.25) is 0 Å². The van der Waals surface area contributed by atoms with Crippen molar-refractivity contribution >= 4 is 37.7 Å². The molecule has 37 heavy (non-hydrogen) atoms. The number of sulfonamides is 2. The highest BCUT2D eigenvalue weighted by Gasteiger charge is 2.43. The Balaban J connectivity index is 1.52. The lowest BCUT2D eigenvalue weighted by atomic mass is 10.2. The molecule has 0 saturated carbocycles. The van der Waals surface area contributed by atoms with E-state index in [1.807, 2.05) is 31.2 Å². The van der Waals surface area contributed by atoms with Gasteiger partial charge in [-0.15, -0.1) is 11.8 Å². The van der Waals surface area contributed by atoms with E-state index < -0.39 is 32.0 Å². The summed E-state index contributed by atoms with van der Waals surface area (Å²) >= 11 is 1.57. The molecule has 1 aliphatic heterocycles. The molecule has 0 radical (unpaired) electrons. The first-order chi connectivity index (χ1) is 17.7. The Bertz CT molecular complexity index is 1420. The van der Waals surface area contributed by atoms with Crippen molar-refractivity contribution in [2.45, 2.75) is 27.7 Å². The van der Waals surface area contributed by atoms with Gasteiger partial charge in [0.15, 0.2) is 0 Å². The third-order valence-electron chi connectivity index (χ3n) is 6.02. The number of carbonyl (C=O) groups is 1. The molecular formula is C26H29N3O5S3. The maximum absolute atomic E-state index is 13.4. The second kappa shape index (κ2) is 11.8. The number of rotatable bonds is 9. The lowest BCUT2D eigenvalue weighted by Gasteiger charge is -2.38. The van der Waals surface area contributed by atoms with Gasteiger partial charge in [-0.2, -0.15) is 8.61 Å². The molecule has 1 N–H and O–H groups in total. The molecule has 3 aromatic rings. The first-order valence-electron chi connectivity index (χ1n) is 11.8. The average molecular weight is 560 g/mol. The van der Waals surface area contributed by atoms with Gasteiger partial charge in [-0.25, -0.2) is 16.8 Å². The van der Waals surface area contributed by atoms with Crippen LogP contribution >= 0.6 is 11.8 Å². The van der Waals surface area contributed by atoms with Crippen molar-refractivity contribution < 1.29 is 21.6 Å². The van der Waals surface area contributed by atoms with Crippen LogP contribution in [0, 0.1) is 6.92 Å². The monoisotopic (exact) mass is 559 g/mol. The molecule has 11 heteroatoms. The number of carbonyl (C=O) groups excluding carboxylic acids is 1. The molecule has 3 aromatic carbocycles. The minimum Gasteiger partial charge on any atom is -0.354 e. The molecule has 1 heterocycles. The van der Waals surface area contributed by atoms with Crippen LogP contribution in [0.4, 0.5) is 0 Å². The van der Waals surface area contributed by atoms with E-state index in [4.69, 9.17) is 0 Å². The zero-order chi connectivity index (χ0) is 26.5. The van der Waals surface area contributed by atoms with Crippen LogP contribution in [0.5, 0.6) is 0 Å². The molecule has 0 unspecified atom stereocenters. The first kappa shape index (κ1) is 27.3. The fraction of sp³-hybridized carbons (Fsp3) is 0.269. The standard InChI is InChI=1S/C26H29N3O5S3/c1-21-12-14-22(15-13-21)35-19-16-27-26(30)25-20-28(36(31,32)23-8-4-2-5-9-23)17-18-29(25)37(33,34)24-10-6-3-7-11-24/h2-15,25H,16-20H2,1H3,(H,27,30)/t25-/m0/s1. The number of hydrogen-bond donors (Lipinski definition) is 1. The van der Waals surface area contributed by atoms with Gasteiger partial charge >= 0.3 is 0 Å². The third kappa shape index (κ3) is 6.42. The maximum atomic E-state index is 13.4. The molecule has 0 aromatic heterocycles. The van der Waals surface area contributed by atoms with Gasteiger partial charge in [0.05, 0.1) is 9.79 Å². The highest BCUT2D eigenvalue weighted by molar-refractivity contribution is 7.99. The van der Waals surface area contributed by atoms with Crippen LogP contribution in [0.25, 0.3) is 0 Å².